The Bertz CT molecular complexity index is 1220. The van der Waals surface area contributed by atoms with Crippen molar-refractivity contribution in [3.63, 3.8) is 0 Å². The second-order valence-electron chi connectivity index (χ2n) is 10.4. The van der Waals surface area contributed by atoms with Crippen molar-refractivity contribution in [2.75, 3.05) is 45.7 Å². The summed E-state index contributed by atoms with van der Waals surface area (Å²) >= 11 is 0. The van der Waals surface area contributed by atoms with E-state index in [0.717, 1.165) is 31.4 Å². The van der Waals surface area contributed by atoms with Gasteiger partial charge in [0.05, 0.1) is 30.0 Å². The van der Waals surface area contributed by atoms with Crippen LogP contribution in [0.15, 0.2) is 30.7 Å². The van der Waals surface area contributed by atoms with Crippen molar-refractivity contribution in [1.82, 2.24) is 34.7 Å². The number of rotatable bonds is 9. The van der Waals surface area contributed by atoms with Gasteiger partial charge in [-0.15, -0.1) is 0 Å². The predicted molar refractivity (Wildman–Crippen MR) is 139 cm³/mol. The summed E-state index contributed by atoms with van der Waals surface area (Å²) in [4.78, 5) is 31.9. The van der Waals surface area contributed by atoms with Crippen LogP contribution in [0.25, 0.3) is 11.4 Å². The normalized spacial score (nSPS) is 14.7. The molecule has 0 saturated carbocycles. The Morgan fingerprint density at radius 3 is 2.59 bits per heavy atom. The van der Waals surface area contributed by atoms with Gasteiger partial charge in [0.15, 0.2) is 5.82 Å². The molecule has 10 nitrogen and oxygen atoms in total. The molecule has 1 aliphatic heterocycles. The number of halogens is 1. The van der Waals surface area contributed by atoms with E-state index in [2.05, 4.69) is 49.3 Å². The molecule has 2 N–H and O–H groups in total. The molecule has 0 radical (unpaired) electrons. The van der Waals surface area contributed by atoms with E-state index in [1.54, 1.807) is 18.3 Å². The lowest BCUT2D eigenvalue weighted by atomic mass is 9.93. The van der Waals surface area contributed by atoms with Gasteiger partial charge in [-0.1, -0.05) is 13.8 Å². The Hall–Kier alpha value is -3.44. The van der Waals surface area contributed by atoms with Crippen molar-refractivity contribution >= 4 is 17.5 Å². The van der Waals surface area contributed by atoms with Gasteiger partial charge in [-0.25, -0.2) is 24.3 Å². The number of imidazole rings is 1. The average Bonchev–Trinajstić information content (AvgIpc) is 3.25. The molecule has 1 saturated heterocycles. The van der Waals surface area contributed by atoms with E-state index in [1.807, 2.05) is 25.6 Å². The minimum Gasteiger partial charge on any atom is -0.381 e. The number of amides is 1. The van der Waals surface area contributed by atoms with Gasteiger partial charge in [0.1, 0.15) is 17.2 Å². The predicted octanol–water partition coefficient (Wildman–Crippen LogP) is 3.60. The number of ether oxygens (including phenoxy) is 1. The van der Waals surface area contributed by atoms with Gasteiger partial charge in [0.25, 0.3) is 5.91 Å². The number of carbonyl (C=O) groups is 1. The maximum Gasteiger partial charge on any atom is 0.269 e. The highest BCUT2D eigenvalue weighted by Crippen LogP contribution is 2.31. The SMILES string of the molecule is Cc1ncc(-c2nc(Nc3ccc(C(=O)NCC(C)(C)CN(C)C)nc3)ncc2F)n1C1CCOCC1. The van der Waals surface area contributed by atoms with Gasteiger partial charge >= 0.3 is 0 Å². The Morgan fingerprint density at radius 2 is 1.92 bits per heavy atom. The molecule has 37 heavy (non-hydrogen) atoms. The van der Waals surface area contributed by atoms with Gasteiger partial charge in [0.2, 0.25) is 5.95 Å². The number of aromatic nitrogens is 5. The highest BCUT2D eigenvalue weighted by molar-refractivity contribution is 5.92. The number of nitrogens with one attached hydrogen (secondary N) is 2. The van der Waals surface area contributed by atoms with E-state index >= 15 is 0 Å². The number of anilines is 2. The van der Waals surface area contributed by atoms with Crippen molar-refractivity contribution in [3.05, 3.63) is 48.1 Å². The van der Waals surface area contributed by atoms with Crippen LogP contribution in [0, 0.1) is 18.2 Å². The van der Waals surface area contributed by atoms with Gasteiger partial charge in [0, 0.05) is 32.3 Å². The van der Waals surface area contributed by atoms with E-state index in [9.17, 15) is 9.18 Å². The second kappa shape index (κ2) is 11.3. The molecule has 0 unspecified atom stereocenters. The Balaban J connectivity index is 1.46. The van der Waals surface area contributed by atoms with Crippen LogP contribution in [0.3, 0.4) is 0 Å². The van der Waals surface area contributed by atoms with Crippen LogP contribution in [0.4, 0.5) is 16.0 Å². The summed E-state index contributed by atoms with van der Waals surface area (Å²) < 4.78 is 22.4. The first kappa shape index (κ1) is 26.6. The fourth-order valence-electron chi connectivity index (χ4n) is 4.69. The molecule has 0 aliphatic carbocycles. The zero-order chi connectivity index (χ0) is 26.6. The summed E-state index contributed by atoms with van der Waals surface area (Å²) in [6.45, 7) is 8.81. The molecule has 4 heterocycles. The summed E-state index contributed by atoms with van der Waals surface area (Å²) in [5, 5.41) is 6.00. The van der Waals surface area contributed by atoms with Crippen LogP contribution in [-0.2, 0) is 4.74 Å². The fraction of sp³-hybridized carbons (Fsp3) is 0.500. The second-order valence-corrected chi connectivity index (χ2v) is 10.4. The van der Waals surface area contributed by atoms with Crippen LogP contribution >= 0.6 is 0 Å². The molecule has 1 aliphatic rings. The summed E-state index contributed by atoms with van der Waals surface area (Å²) in [6, 6.07) is 3.52. The van der Waals surface area contributed by atoms with Gasteiger partial charge in [-0.3, -0.25) is 4.79 Å². The van der Waals surface area contributed by atoms with E-state index in [0.29, 0.717) is 36.8 Å². The fourth-order valence-corrected chi connectivity index (χ4v) is 4.69. The third-order valence-corrected chi connectivity index (χ3v) is 6.25. The molecule has 1 amide bonds. The lowest BCUT2D eigenvalue weighted by Crippen LogP contribution is -2.40. The van der Waals surface area contributed by atoms with Crippen LogP contribution in [0.5, 0.6) is 0 Å². The molecule has 198 valence electrons. The zero-order valence-corrected chi connectivity index (χ0v) is 22.1. The van der Waals surface area contributed by atoms with Gasteiger partial charge < -0.3 is 24.8 Å². The molecular weight excluding hydrogens is 475 g/mol. The molecule has 11 heteroatoms. The number of hydrogen-bond donors (Lipinski definition) is 2. The highest BCUT2D eigenvalue weighted by atomic mass is 19.1. The van der Waals surface area contributed by atoms with Gasteiger partial charge in [-0.2, -0.15) is 0 Å². The van der Waals surface area contributed by atoms with Crippen LogP contribution in [0.1, 0.15) is 49.0 Å². The molecule has 3 aromatic rings. The Labute approximate surface area is 216 Å². The van der Waals surface area contributed by atoms with Crippen molar-refractivity contribution in [2.45, 2.75) is 39.7 Å². The number of hydrogen-bond acceptors (Lipinski definition) is 8. The molecule has 0 bridgehead atoms. The maximum atomic E-state index is 14.8. The quantitative estimate of drug-likeness (QED) is 0.449. The van der Waals surface area contributed by atoms with E-state index in [4.69, 9.17) is 4.74 Å². The highest BCUT2D eigenvalue weighted by Gasteiger charge is 2.24. The minimum absolute atomic E-state index is 0.0725. The third kappa shape index (κ3) is 6.66. The largest absolute Gasteiger partial charge is 0.381 e. The molecule has 4 rings (SSSR count). The number of pyridine rings is 1. The third-order valence-electron chi connectivity index (χ3n) is 6.25. The monoisotopic (exact) mass is 510 g/mol. The lowest BCUT2D eigenvalue weighted by molar-refractivity contribution is 0.0694. The summed E-state index contributed by atoms with van der Waals surface area (Å²) in [5.41, 5.74) is 1.60. The summed E-state index contributed by atoms with van der Waals surface area (Å²) in [5.74, 6) is 0.257. The Morgan fingerprint density at radius 1 is 1.16 bits per heavy atom. The molecule has 0 atom stereocenters. The lowest BCUT2D eigenvalue weighted by Gasteiger charge is -2.28. The maximum absolute atomic E-state index is 14.8. The zero-order valence-electron chi connectivity index (χ0n) is 22.1. The van der Waals surface area contributed by atoms with Crippen LogP contribution in [-0.4, -0.2) is 75.7 Å². The van der Waals surface area contributed by atoms with Crippen molar-refractivity contribution in [2.24, 2.45) is 5.41 Å². The smallest absolute Gasteiger partial charge is 0.269 e. The summed E-state index contributed by atoms with van der Waals surface area (Å²) in [6.07, 6.45) is 5.99. The van der Waals surface area contributed by atoms with E-state index in [1.165, 1.54) is 6.20 Å². The molecule has 0 spiro atoms. The summed E-state index contributed by atoms with van der Waals surface area (Å²) in [7, 11) is 4.01. The minimum atomic E-state index is -0.527. The number of aryl methyl sites for hydroxylation is 1. The first-order chi connectivity index (χ1) is 17.6. The van der Waals surface area contributed by atoms with E-state index < -0.39 is 5.82 Å². The van der Waals surface area contributed by atoms with Crippen LogP contribution in [0.2, 0.25) is 0 Å². The molecule has 1 fully saturated rings. The van der Waals surface area contributed by atoms with Crippen LogP contribution < -0.4 is 10.6 Å². The Kier molecular flexibility index (Phi) is 8.13. The molecular formula is C26H35FN8O2. The number of carbonyl (C=O) groups excluding carboxylic acids is 1. The van der Waals surface area contributed by atoms with Gasteiger partial charge in [-0.05, 0) is 51.4 Å². The number of nitrogens with zero attached hydrogens (tertiary/aromatic N) is 6. The first-order valence-electron chi connectivity index (χ1n) is 12.4. The molecule has 3 aromatic heterocycles. The van der Waals surface area contributed by atoms with E-state index in [-0.39, 0.29) is 29.0 Å². The molecule has 0 aromatic carbocycles. The van der Waals surface area contributed by atoms with Crippen molar-refractivity contribution < 1.29 is 13.9 Å². The first-order valence-corrected chi connectivity index (χ1v) is 12.4. The standard InChI is InChI=1S/C26H35FN8O2/c1-17-28-14-22(35(17)19-8-10-37-11-9-19)23-20(27)13-30-25(33-23)32-18-6-7-21(29-12-18)24(36)31-15-26(2,3)16-34(4)5/h6-7,12-14,19H,8-11,15-16H2,1-5H3,(H,31,36)(H,30,32,33). The van der Waals surface area contributed by atoms with Crippen molar-refractivity contribution in [3.8, 4) is 11.4 Å². The average molecular weight is 511 g/mol. The topological polar surface area (TPSA) is 110 Å². The van der Waals surface area contributed by atoms with Crippen molar-refractivity contribution in [1.29, 1.82) is 0 Å².